The average Bonchev–Trinajstić information content (AvgIpc) is 2.39. The summed E-state index contributed by atoms with van der Waals surface area (Å²) in [5, 5.41) is 21.7. The number of hydrogen-bond donors (Lipinski definition) is 3. The van der Waals surface area contributed by atoms with Crippen molar-refractivity contribution < 1.29 is 24.4 Å². The van der Waals surface area contributed by atoms with Gasteiger partial charge in [-0.1, -0.05) is 19.1 Å². The molecule has 1 atom stereocenters. The number of benzene rings is 1. The molecule has 1 aromatic rings. The fraction of sp³-hybridized carbons (Fsp3) is 0.385. The molecular weight excluding hydrogens is 261 g/mol. The van der Waals surface area contributed by atoms with E-state index < -0.39 is 19.0 Å². The van der Waals surface area contributed by atoms with Crippen LogP contribution in [0.4, 0.5) is 0 Å². The van der Waals surface area contributed by atoms with Crippen LogP contribution >= 0.6 is 0 Å². The van der Waals surface area contributed by atoms with Crippen molar-refractivity contribution >= 4 is 19.0 Å². The van der Waals surface area contributed by atoms with Crippen LogP contribution in [0, 0.1) is 0 Å². The summed E-state index contributed by atoms with van der Waals surface area (Å²) in [7, 11) is -1.25. The molecule has 1 aliphatic rings. The second-order valence-electron chi connectivity index (χ2n) is 4.74. The highest BCUT2D eigenvalue weighted by Gasteiger charge is 2.37. The number of hydrogen-bond acceptors (Lipinski definition) is 4. The number of aromatic carboxylic acids is 1. The van der Waals surface area contributed by atoms with Crippen molar-refractivity contribution in [3.05, 3.63) is 29.3 Å². The topological polar surface area (TPSA) is 95.9 Å². The van der Waals surface area contributed by atoms with E-state index in [1.807, 2.05) is 6.92 Å². The molecule has 0 bridgehead atoms. The van der Waals surface area contributed by atoms with E-state index in [1.54, 1.807) is 12.1 Å². The first-order valence-corrected chi connectivity index (χ1v) is 6.52. The molecule has 0 spiro atoms. The van der Waals surface area contributed by atoms with Crippen LogP contribution < -0.4 is 9.97 Å². The van der Waals surface area contributed by atoms with Crippen LogP contribution in [-0.2, 0) is 11.2 Å². The number of carbonyl (C=O) groups excluding carboxylic acids is 1. The van der Waals surface area contributed by atoms with Gasteiger partial charge in [-0.25, -0.2) is 4.79 Å². The van der Waals surface area contributed by atoms with E-state index in [9.17, 15) is 14.6 Å². The molecule has 2 rings (SSSR count). The number of nitrogens with one attached hydrogen (secondary N) is 1. The minimum Gasteiger partial charge on any atom is -0.534 e. The van der Waals surface area contributed by atoms with E-state index in [0.29, 0.717) is 18.4 Å². The molecule has 0 aromatic heterocycles. The third kappa shape index (κ3) is 2.93. The molecule has 20 heavy (non-hydrogen) atoms. The lowest BCUT2D eigenvalue weighted by molar-refractivity contribution is -0.121. The predicted molar refractivity (Wildman–Crippen MR) is 72.5 cm³/mol. The number of amides is 1. The lowest BCUT2D eigenvalue weighted by Gasteiger charge is -2.28. The summed E-state index contributed by atoms with van der Waals surface area (Å²) in [5.41, 5.74) is 0.678. The zero-order valence-electron chi connectivity index (χ0n) is 11.1. The smallest absolute Gasteiger partial charge is 0.534 e. The van der Waals surface area contributed by atoms with Crippen LogP contribution in [0.2, 0.25) is 0 Å². The van der Waals surface area contributed by atoms with Crippen molar-refractivity contribution in [3.8, 4) is 5.75 Å². The van der Waals surface area contributed by atoms with E-state index in [0.717, 1.165) is 6.42 Å². The first-order chi connectivity index (χ1) is 9.52. The van der Waals surface area contributed by atoms with Gasteiger partial charge in [0.15, 0.2) is 0 Å². The van der Waals surface area contributed by atoms with Gasteiger partial charge in [0.1, 0.15) is 5.75 Å². The molecular formula is C13H16BNO5. The van der Waals surface area contributed by atoms with Gasteiger partial charge in [0.05, 0.1) is 11.5 Å². The molecule has 1 heterocycles. The maximum atomic E-state index is 11.6. The van der Waals surface area contributed by atoms with E-state index >= 15 is 0 Å². The minimum atomic E-state index is -1.25. The lowest BCUT2D eigenvalue weighted by Crippen LogP contribution is -2.53. The number of carbonyl (C=O) groups is 2. The maximum absolute atomic E-state index is 11.6. The van der Waals surface area contributed by atoms with Gasteiger partial charge in [0.2, 0.25) is 5.91 Å². The summed E-state index contributed by atoms with van der Waals surface area (Å²) in [4.78, 5) is 22.7. The van der Waals surface area contributed by atoms with Gasteiger partial charge >= 0.3 is 13.1 Å². The molecule has 1 amide bonds. The molecule has 0 saturated carbocycles. The normalized spacial score (nSPS) is 17.1. The predicted octanol–water partition coefficient (Wildman–Crippen LogP) is 0.624. The maximum Gasteiger partial charge on any atom is 0.547 e. The number of carboxylic acids is 1. The Hall–Kier alpha value is -2.02. The second kappa shape index (κ2) is 5.96. The zero-order valence-corrected chi connectivity index (χ0v) is 11.1. The third-order valence-corrected chi connectivity index (χ3v) is 3.17. The highest BCUT2D eigenvalue weighted by atomic mass is 16.5. The van der Waals surface area contributed by atoms with Crippen LogP contribution in [-0.4, -0.2) is 35.1 Å². The van der Waals surface area contributed by atoms with Gasteiger partial charge in [0, 0.05) is 6.42 Å². The number of rotatable bonds is 4. The minimum absolute atomic E-state index is 0.0138. The Morgan fingerprint density at radius 3 is 2.90 bits per heavy atom. The summed E-state index contributed by atoms with van der Waals surface area (Å²) in [6, 6.07) is 4.77. The number of para-hydroxylation sites is 1. The summed E-state index contributed by atoms with van der Waals surface area (Å²) in [5.74, 6) is -1.65. The first-order valence-electron chi connectivity index (χ1n) is 6.52. The first kappa shape index (κ1) is 14.4. The zero-order chi connectivity index (χ0) is 14.7. The van der Waals surface area contributed by atoms with Crippen LogP contribution in [0.5, 0.6) is 5.75 Å². The van der Waals surface area contributed by atoms with Gasteiger partial charge in [-0.2, -0.15) is 0 Å². The van der Waals surface area contributed by atoms with E-state index in [2.05, 4.69) is 5.32 Å². The molecule has 0 unspecified atom stereocenters. The third-order valence-electron chi connectivity index (χ3n) is 3.17. The standard InChI is InChI=1S/C13H16BNO5/c1-2-4-11(16)15-10-7-8-5-3-6-9(13(17)18)12(8)20-14(10)19/h3,5-6,10,19H,2,4,7H2,1H3,(H,15,16)(H,17,18)/t10-/m0/s1. The summed E-state index contributed by atoms with van der Waals surface area (Å²) in [6.45, 7) is 1.89. The molecule has 0 aliphatic carbocycles. The highest BCUT2D eigenvalue weighted by molar-refractivity contribution is 6.47. The van der Waals surface area contributed by atoms with E-state index in [4.69, 9.17) is 9.76 Å². The molecule has 6 nitrogen and oxygen atoms in total. The largest absolute Gasteiger partial charge is 0.547 e. The lowest BCUT2D eigenvalue weighted by atomic mass is 9.72. The van der Waals surface area contributed by atoms with Crippen LogP contribution in [0.15, 0.2) is 18.2 Å². The number of carboxylic acid groups (broad SMARTS) is 1. The molecule has 106 valence electrons. The summed E-state index contributed by atoms with van der Waals surface area (Å²) in [6.07, 6.45) is 1.44. The fourth-order valence-corrected chi connectivity index (χ4v) is 2.22. The van der Waals surface area contributed by atoms with Crippen LogP contribution in [0.1, 0.15) is 35.7 Å². The Balaban J connectivity index is 2.19. The van der Waals surface area contributed by atoms with Crippen molar-refractivity contribution in [1.82, 2.24) is 5.32 Å². The molecule has 3 N–H and O–H groups in total. The van der Waals surface area contributed by atoms with Gasteiger partial charge in [-0.3, -0.25) is 4.79 Å². The number of fused-ring (bicyclic) bond motifs is 1. The summed E-state index contributed by atoms with van der Waals surface area (Å²) < 4.78 is 5.28. The Kier molecular flexibility index (Phi) is 4.29. The Morgan fingerprint density at radius 1 is 1.50 bits per heavy atom. The van der Waals surface area contributed by atoms with Gasteiger partial charge in [0.25, 0.3) is 0 Å². The van der Waals surface area contributed by atoms with Crippen LogP contribution in [0.3, 0.4) is 0 Å². The van der Waals surface area contributed by atoms with E-state index in [1.165, 1.54) is 6.07 Å². The van der Waals surface area contributed by atoms with Gasteiger partial charge in [-0.05, 0) is 24.5 Å². The Labute approximate surface area is 116 Å². The quantitative estimate of drug-likeness (QED) is 0.701. The SMILES string of the molecule is CCCC(=O)N[C@H]1Cc2cccc(C(=O)O)c2OB1O. The molecule has 1 aromatic carbocycles. The van der Waals surface area contributed by atoms with Crippen molar-refractivity contribution in [2.75, 3.05) is 0 Å². The Morgan fingerprint density at radius 2 is 2.25 bits per heavy atom. The van der Waals surface area contributed by atoms with Gasteiger partial charge < -0.3 is 20.1 Å². The van der Waals surface area contributed by atoms with Gasteiger partial charge in [-0.15, -0.1) is 0 Å². The highest BCUT2D eigenvalue weighted by Crippen LogP contribution is 2.30. The van der Waals surface area contributed by atoms with Crippen molar-refractivity contribution in [3.63, 3.8) is 0 Å². The van der Waals surface area contributed by atoms with E-state index in [-0.39, 0.29) is 17.2 Å². The molecule has 0 fully saturated rings. The molecule has 0 saturated heterocycles. The van der Waals surface area contributed by atoms with Crippen molar-refractivity contribution in [2.24, 2.45) is 0 Å². The molecule has 7 heteroatoms. The van der Waals surface area contributed by atoms with Crippen LogP contribution in [0.25, 0.3) is 0 Å². The summed E-state index contributed by atoms with van der Waals surface area (Å²) >= 11 is 0. The molecule has 0 radical (unpaired) electrons. The van der Waals surface area contributed by atoms with Crippen molar-refractivity contribution in [1.29, 1.82) is 0 Å². The Bertz CT molecular complexity index is 533. The second-order valence-corrected chi connectivity index (χ2v) is 4.74. The molecule has 1 aliphatic heterocycles. The monoisotopic (exact) mass is 277 g/mol. The fourth-order valence-electron chi connectivity index (χ4n) is 2.22. The average molecular weight is 277 g/mol. The van der Waals surface area contributed by atoms with Crippen molar-refractivity contribution in [2.45, 2.75) is 32.1 Å².